The minimum Gasteiger partial charge on any atom is -0.496 e. The molecule has 0 bridgehead atoms. The Morgan fingerprint density at radius 2 is 1.89 bits per heavy atom. The molecule has 0 heterocycles. The Labute approximate surface area is 162 Å². The van der Waals surface area contributed by atoms with Gasteiger partial charge in [-0.2, -0.15) is 0 Å². The Bertz CT molecular complexity index is 790. The second-order valence-corrected chi connectivity index (χ2v) is 8.37. The van der Waals surface area contributed by atoms with Gasteiger partial charge in [-0.3, -0.25) is 0 Å². The second-order valence-electron chi connectivity index (χ2n) is 8.37. The van der Waals surface area contributed by atoms with Gasteiger partial charge < -0.3 is 14.2 Å². The molecule has 1 aromatic carbocycles. The fraction of sp³-hybridized carbons (Fsp3) is 0.609. The lowest BCUT2D eigenvalue weighted by Crippen LogP contribution is -2.42. The van der Waals surface area contributed by atoms with E-state index >= 15 is 0 Å². The van der Waals surface area contributed by atoms with E-state index in [1.807, 2.05) is 0 Å². The Balaban J connectivity index is 2.22. The average Bonchev–Trinajstić information content (AvgIpc) is 2.65. The molecule has 4 heteroatoms. The maximum atomic E-state index is 12.2. The maximum absolute atomic E-state index is 12.2. The highest BCUT2D eigenvalue weighted by molar-refractivity contribution is 5.89. The Morgan fingerprint density at radius 3 is 2.44 bits per heavy atom. The van der Waals surface area contributed by atoms with E-state index in [2.05, 4.69) is 33.8 Å². The summed E-state index contributed by atoms with van der Waals surface area (Å²) in [5.41, 5.74) is 5.72. The number of carbonyl (C=O) groups is 1. The molecule has 2 atom stereocenters. The van der Waals surface area contributed by atoms with E-state index in [0.29, 0.717) is 11.8 Å². The third-order valence-corrected chi connectivity index (χ3v) is 6.77. The summed E-state index contributed by atoms with van der Waals surface area (Å²) in [4.78, 5) is 12.2. The topological polar surface area (TPSA) is 44.8 Å². The molecule has 148 valence electrons. The highest BCUT2D eigenvalue weighted by Crippen LogP contribution is 2.57. The number of benzene rings is 1. The molecule has 0 aromatic heterocycles. The number of esters is 1. The summed E-state index contributed by atoms with van der Waals surface area (Å²) in [7, 11) is 4.99. The molecule has 3 rings (SSSR count). The lowest BCUT2D eigenvalue weighted by Gasteiger charge is -2.48. The monoisotopic (exact) mass is 372 g/mol. The van der Waals surface area contributed by atoms with Crippen molar-refractivity contribution >= 4 is 5.97 Å². The largest absolute Gasteiger partial charge is 0.496 e. The maximum Gasteiger partial charge on any atom is 0.333 e. The molecule has 0 unspecified atom stereocenters. The van der Waals surface area contributed by atoms with E-state index in [-0.39, 0.29) is 11.4 Å². The average molecular weight is 373 g/mol. The first-order valence-electron chi connectivity index (χ1n) is 9.86. The van der Waals surface area contributed by atoms with Crippen LogP contribution >= 0.6 is 0 Å². The molecule has 4 nitrogen and oxygen atoms in total. The van der Waals surface area contributed by atoms with Crippen LogP contribution in [-0.4, -0.2) is 27.3 Å². The number of rotatable bonds is 4. The number of carbonyl (C=O) groups excluding carboxylic acids is 1. The van der Waals surface area contributed by atoms with Gasteiger partial charge in [-0.1, -0.05) is 26.3 Å². The summed E-state index contributed by atoms with van der Waals surface area (Å²) in [6.07, 6.45) is 3.59. The second kappa shape index (κ2) is 7.21. The quantitative estimate of drug-likeness (QED) is 0.703. The summed E-state index contributed by atoms with van der Waals surface area (Å²) in [5, 5.41) is 0. The lowest BCUT2D eigenvalue weighted by atomic mass is 9.56. The van der Waals surface area contributed by atoms with E-state index in [1.165, 1.54) is 29.4 Å². The third-order valence-electron chi connectivity index (χ3n) is 6.77. The van der Waals surface area contributed by atoms with Crippen molar-refractivity contribution in [3.8, 4) is 11.5 Å². The Morgan fingerprint density at radius 1 is 1.19 bits per heavy atom. The van der Waals surface area contributed by atoms with Gasteiger partial charge in [0.15, 0.2) is 0 Å². The van der Waals surface area contributed by atoms with Crippen molar-refractivity contribution in [3.05, 3.63) is 33.9 Å². The standard InChI is InChI=1S/C23H32O4/c1-13(2)17-12-19(25-5)20-16(21(17)26-6)8-9-18-14(3)15(22(24)27-7)10-11-23(18,20)4/h12-13,18H,8-11H2,1-7H3/t18-,23-/m0/s1. The predicted octanol–water partition coefficient (Wildman–Crippen LogP) is 4.93. The molecule has 27 heavy (non-hydrogen) atoms. The molecule has 0 amide bonds. The third kappa shape index (κ3) is 2.94. The molecule has 0 aliphatic heterocycles. The van der Waals surface area contributed by atoms with Crippen LogP contribution < -0.4 is 9.47 Å². The molecule has 1 aromatic rings. The van der Waals surface area contributed by atoms with Crippen molar-refractivity contribution in [2.24, 2.45) is 5.92 Å². The van der Waals surface area contributed by atoms with Gasteiger partial charge in [-0.25, -0.2) is 4.79 Å². The normalized spacial score (nSPS) is 24.4. The molecule has 0 fully saturated rings. The molecule has 0 saturated heterocycles. The van der Waals surface area contributed by atoms with Crippen molar-refractivity contribution < 1.29 is 19.0 Å². The van der Waals surface area contributed by atoms with Crippen LogP contribution in [0.2, 0.25) is 0 Å². The minimum absolute atomic E-state index is 0.0661. The number of hydrogen-bond donors (Lipinski definition) is 0. The van der Waals surface area contributed by atoms with Crippen molar-refractivity contribution in [2.45, 2.75) is 64.7 Å². The van der Waals surface area contributed by atoms with Gasteiger partial charge >= 0.3 is 5.97 Å². The van der Waals surface area contributed by atoms with Crippen LogP contribution in [0.4, 0.5) is 0 Å². The molecule has 2 aliphatic rings. The van der Waals surface area contributed by atoms with Crippen LogP contribution in [-0.2, 0) is 21.4 Å². The minimum atomic E-state index is -0.181. The first kappa shape index (κ1) is 19.8. The zero-order chi connectivity index (χ0) is 19.9. The van der Waals surface area contributed by atoms with Crippen molar-refractivity contribution in [1.82, 2.24) is 0 Å². The van der Waals surface area contributed by atoms with Gasteiger partial charge in [-0.15, -0.1) is 0 Å². The van der Waals surface area contributed by atoms with Crippen molar-refractivity contribution in [1.29, 1.82) is 0 Å². The van der Waals surface area contributed by atoms with Crippen molar-refractivity contribution in [3.63, 3.8) is 0 Å². The SMILES string of the molecule is COC(=O)C1=C(C)[C@@H]2CCc3c(OC)c(C(C)C)cc(OC)c3[C@@]2(C)CC1. The zero-order valence-electron chi connectivity index (χ0n) is 17.7. The van der Waals surface area contributed by atoms with E-state index < -0.39 is 0 Å². The lowest BCUT2D eigenvalue weighted by molar-refractivity contribution is -0.136. The summed E-state index contributed by atoms with van der Waals surface area (Å²) >= 11 is 0. The summed E-state index contributed by atoms with van der Waals surface area (Å²) < 4.78 is 16.8. The number of hydrogen-bond acceptors (Lipinski definition) is 4. The number of ether oxygens (including phenoxy) is 3. The van der Waals surface area contributed by atoms with Crippen molar-refractivity contribution in [2.75, 3.05) is 21.3 Å². The highest BCUT2D eigenvalue weighted by Gasteiger charge is 2.48. The van der Waals surface area contributed by atoms with E-state index in [0.717, 1.165) is 42.8 Å². The number of allylic oxidation sites excluding steroid dienone is 1. The molecule has 0 N–H and O–H groups in total. The van der Waals surface area contributed by atoms with E-state index in [1.54, 1.807) is 14.2 Å². The first-order chi connectivity index (χ1) is 12.8. The van der Waals surface area contributed by atoms with Gasteiger partial charge in [0.2, 0.25) is 0 Å². The van der Waals surface area contributed by atoms with Crippen LogP contribution in [0.15, 0.2) is 17.2 Å². The summed E-state index contributed by atoms with van der Waals surface area (Å²) in [5.74, 6) is 2.47. The van der Waals surface area contributed by atoms with Gasteiger partial charge in [0.05, 0.1) is 21.3 Å². The van der Waals surface area contributed by atoms with Gasteiger partial charge in [0.1, 0.15) is 11.5 Å². The Kier molecular flexibility index (Phi) is 5.29. The zero-order valence-corrected chi connectivity index (χ0v) is 17.7. The number of fused-ring (bicyclic) bond motifs is 3. The molecule has 0 radical (unpaired) electrons. The molecule has 2 aliphatic carbocycles. The van der Waals surface area contributed by atoms with Gasteiger partial charge in [0.25, 0.3) is 0 Å². The Hall–Kier alpha value is -1.97. The van der Waals surface area contributed by atoms with Gasteiger partial charge in [0, 0.05) is 27.7 Å². The fourth-order valence-electron chi connectivity index (χ4n) is 5.36. The van der Waals surface area contributed by atoms with Crippen LogP contribution in [0.25, 0.3) is 0 Å². The number of methoxy groups -OCH3 is 3. The predicted molar refractivity (Wildman–Crippen MR) is 107 cm³/mol. The van der Waals surface area contributed by atoms with E-state index in [4.69, 9.17) is 14.2 Å². The van der Waals surface area contributed by atoms with Crippen LogP contribution in [0, 0.1) is 5.92 Å². The molecule has 0 saturated carbocycles. The fourth-order valence-corrected chi connectivity index (χ4v) is 5.36. The van der Waals surface area contributed by atoms with Crippen LogP contribution in [0.3, 0.4) is 0 Å². The van der Waals surface area contributed by atoms with E-state index in [9.17, 15) is 4.79 Å². The molecular weight excluding hydrogens is 340 g/mol. The summed E-state index contributed by atoms with van der Waals surface area (Å²) in [6, 6.07) is 2.16. The molecule has 0 spiro atoms. The smallest absolute Gasteiger partial charge is 0.333 e. The van der Waals surface area contributed by atoms with Crippen LogP contribution in [0.5, 0.6) is 11.5 Å². The first-order valence-corrected chi connectivity index (χ1v) is 9.86. The molecular formula is C23H32O4. The highest BCUT2D eigenvalue weighted by atomic mass is 16.5. The van der Waals surface area contributed by atoms with Gasteiger partial charge in [-0.05, 0) is 50.5 Å². The summed E-state index contributed by atoms with van der Waals surface area (Å²) in [6.45, 7) is 8.80. The van der Waals surface area contributed by atoms with Crippen LogP contribution in [0.1, 0.15) is 69.6 Å².